The van der Waals surface area contributed by atoms with Gasteiger partial charge in [0.2, 0.25) is 5.43 Å². The molecule has 3 aromatic carbocycles. The second-order valence-corrected chi connectivity index (χ2v) is 12.9. The molecule has 1 aliphatic rings. The lowest BCUT2D eigenvalue weighted by atomic mass is 10.1. The predicted molar refractivity (Wildman–Crippen MR) is 196 cm³/mol. The lowest BCUT2D eigenvalue weighted by molar-refractivity contribution is 0.0695. The van der Waals surface area contributed by atoms with E-state index in [2.05, 4.69) is 22.1 Å². The van der Waals surface area contributed by atoms with Crippen LogP contribution in [0.3, 0.4) is 0 Å². The number of rotatable bonds is 12. The minimum Gasteiger partial charge on any atom is -0.492 e. The molecular formula is C38H39F3N6O6. The van der Waals surface area contributed by atoms with Crippen molar-refractivity contribution in [2.75, 3.05) is 50.1 Å². The number of aromatic amines is 1. The van der Waals surface area contributed by atoms with Crippen LogP contribution in [0.2, 0.25) is 0 Å². The number of H-pyrrole nitrogens is 1. The fraction of sp³-hybridized carbons (Fsp3) is 0.316. The average molecular weight is 733 g/mol. The van der Waals surface area contributed by atoms with Crippen molar-refractivity contribution >= 4 is 34.1 Å². The van der Waals surface area contributed by atoms with Crippen LogP contribution < -0.4 is 31.6 Å². The number of carbonyl (C=O) groups is 1. The Morgan fingerprint density at radius 1 is 0.943 bits per heavy atom. The van der Waals surface area contributed by atoms with Gasteiger partial charge in [-0.3, -0.25) is 24.0 Å². The highest BCUT2D eigenvalue weighted by molar-refractivity contribution is 5.97. The highest BCUT2D eigenvalue weighted by atomic mass is 19.1. The van der Waals surface area contributed by atoms with Gasteiger partial charge in [-0.25, -0.2) is 22.8 Å². The highest BCUT2D eigenvalue weighted by Gasteiger charge is 2.28. The maximum Gasteiger partial charge on any atom is 0.341 e. The molecule has 3 N–H and O–H groups in total. The molecule has 0 aliphatic carbocycles. The van der Waals surface area contributed by atoms with E-state index >= 15 is 8.78 Å². The number of pyridine rings is 1. The van der Waals surface area contributed by atoms with Crippen LogP contribution in [0.25, 0.3) is 16.6 Å². The molecule has 1 saturated heterocycles. The van der Waals surface area contributed by atoms with Crippen molar-refractivity contribution in [2.24, 2.45) is 0 Å². The summed E-state index contributed by atoms with van der Waals surface area (Å²) in [5, 5.41) is 12.5. The van der Waals surface area contributed by atoms with Crippen LogP contribution >= 0.6 is 0 Å². The maximum absolute atomic E-state index is 15.9. The van der Waals surface area contributed by atoms with E-state index in [4.69, 9.17) is 4.74 Å². The van der Waals surface area contributed by atoms with Gasteiger partial charge in [0.1, 0.15) is 34.2 Å². The molecule has 0 bridgehead atoms. The van der Waals surface area contributed by atoms with E-state index in [1.54, 1.807) is 4.90 Å². The number of carboxylic acids is 1. The third-order valence-corrected chi connectivity index (χ3v) is 9.60. The first-order valence-electron chi connectivity index (χ1n) is 17.2. The molecule has 0 atom stereocenters. The van der Waals surface area contributed by atoms with E-state index in [0.29, 0.717) is 57.4 Å². The Morgan fingerprint density at radius 2 is 1.68 bits per heavy atom. The molecule has 5 aromatic rings. The standard InChI is InChI=1S/C38H39F3N6O6/c1-4-23-17-25(9-7-22(23)2)42-31-20-32(48)46(38(52)43-31)12-6-5-11-44-13-15-45(16-14-44)34-29(41)19-26-33(36(34)53-3)47(21-27(35(26)49)37(50)51)30-10-8-24(39)18-28(30)40/h7-10,17-21,42H,4-6,11-16H2,1-3H3,(H,43,52)(H,50,51). The molecule has 15 heteroatoms. The number of nitrogens with zero attached hydrogens (tertiary/aromatic N) is 4. The molecule has 0 amide bonds. The fourth-order valence-corrected chi connectivity index (χ4v) is 6.81. The number of piperazine rings is 1. The molecule has 0 unspecified atom stereocenters. The molecular weight excluding hydrogens is 693 g/mol. The zero-order valence-corrected chi connectivity index (χ0v) is 29.5. The second kappa shape index (κ2) is 15.4. The minimum atomic E-state index is -1.60. The summed E-state index contributed by atoms with van der Waals surface area (Å²) in [6.45, 7) is 6.75. The molecule has 2 aromatic heterocycles. The number of hydrogen-bond acceptors (Lipinski definition) is 8. The van der Waals surface area contributed by atoms with Gasteiger partial charge in [-0.15, -0.1) is 0 Å². The van der Waals surface area contributed by atoms with Crippen molar-refractivity contribution in [3.8, 4) is 11.4 Å². The Morgan fingerprint density at radius 3 is 2.34 bits per heavy atom. The lowest BCUT2D eigenvalue weighted by Gasteiger charge is -2.37. The highest BCUT2D eigenvalue weighted by Crippen LogP contribution is 2.40. The van der Waals surface area contributed by atoms with E-state index in [1.165, 1.54) is 23.3 Å². The maximum atomic E-state index is 15.9. The molecule has 0 saturated carbocycles. The molecule has 0 radical (unpaired) electrons. The van der Waals surface area contributed by atoms with Gasteiger partial charge in [0.05, 0.1) is 18.2 Å². The van der Waals surface area contributed by atoms with Gasteiger partial charge in [0.25, 0.3) is 5.56 Å². The summed E-state index contributed by atoms with van der Waals surface area (Å²) < 4.78 is 52.6. The normalized spacial score (nSPS) is 13.4. The van der Waals surface area contributed by atoms with E-state index in [9.17, 15) is 28.7 Å². The van der Waals surface area contributed by atoms with Gasteiger partial charge >= 0.3 is 11.7 Å². The summed E-state index contributed by atoms with van der Waals surface area (Å²) in [5.41, 5.74) is 0.170. The first kappa shape index (κ1) is 36.9. The van der Waals surface area contributed by atoms with Gasteiger partial charge in [0.15, 0.2) is 11.6 Å². The number of aromatic nitrogens is 3. The van der Waals surface area contributed by atoms with Gasteiger partial charge < -0.3 is 24.6 Å². The minimum absolute atomic E-state index is 0.0168. The fourth-order valence-electron chi connectivity index (χ4n) is 6.81. The van der Waals surface area contributed by atoms with Crippen LogP contribution in [0.1, 0.15) is 41.3 Å². The number of carboxylic acid groups (broad SMARTS) is 1. The second-order valence-electron chi connectivity index (χ2n) is 12.9. The van der Waals surface area contributed by atoms with E-state index < -0.39 is 45.7 Å². The third kappa shape index (κ3) is 7.56. The Hall–Kier alpha value is -5.83. The summed E-state index contributed by atoms with van der Waals surface area (Å²) in [4.78, 5) is 57.3. The van der Waals surface area contributed by atoms with Gasteiger partial charge in [0, 0.05) is 56.7 Å². The summed E-state index contributed by atoms with van der Waals surface area (Å²) in [7, 11) is 1.27. The largest absolute Gasteiger partial charge is 0.492 e. The number of aromatic carboxylic acids is 1. The zero-order chi connectivity index (χ0) is 38.0. The number of aryl methyl sites for hydroxylation is 2. The Kier molecular flexibility index (Phi) is 10.7. The number of anilines is 3. The van der Waals surface area contributed by atoms with Crippen LogP contribution in [0, 0.1) is 24.4 Å². The number of halogens is 3. The van der Waals surface area contributed by atoms with Crippen molar-refractivity contribution in [1.82, 2.24) is 19.0 Å². The number of ether oxygens (including phenoxy) is 1. The van der Waals surface area contributed by atoms with E-state index in [1.807, 2.05) is 25.1 Å². The van der Waals surface area contributed by atoms with Crippen LogP contribution in [0.15, 0.2) is 69.1 Å². The van der Waals surface area contributed by atoms with Crippen molar-refractivity contribution in [1.29, 1.82) is 0 Å². The first-order chi connectivity index (χ1) is 25.4. The number of benzene rings is 3. The molecule has 1 aliphatic heterocycles. The number of fused-ring (bicyclic) bond motifs is 1. The quantitative estimate of drug-likeness (QED) is 0.148. The van der Waals surface area contributed by atoms with Crippen molar-refractivity contribution in [2.45, 2.75) is 39.7 Å². The first-order valence-corrected chi connectivity index (χ1v) is 17.2. The third-order valence-electron chi connectivity index (χ3n) is 9.60. The molecule has 1 fully saturated rings. The monoisotopic (exact) mass is 732 g/mol. The summed E-state index contributed by atoms with van der Waals surface area (Å²) >= 11 is 0. The van der Waals surface area contributed by atoms with Crippen molar-refractivity contribution in [3.63, 3.8) is 0 Å². The number of methoxy groups -OCH3 is 1. The number of unbranched alkanes of at least 4 members (excludes halogenated alkanes) is 1. The van der Waals surface area contributed by atoms with Gasteiger partial charge in [-0.05, 0) is 74.2 Å². The topological polar surface area (TPSA) is 142 Å². The number of nitrogens with one attached hydrogen (secondary N) is 2. The smallest absolute Gasteiger partial charge is 0.341 e. The summed E-state index contributed by atoms with van der Waals surface area (Å²) in [6.07, 6.45) is 3.03. The molecule has 3 heterocycles. The molecule has 278 valence electrons. The van der Waals surface area contributed by atoms with Crippen LogP contribution in [-0.4, -0.2) is 69.9 Å². The Labute approximate surface area is 301 Å². The summed E-state index contributed by atoms with van der Waals surface area (Å²) in [6, 6.07) is 10.8. The molecule has 6 rings (SSSR count). The van der Waals surface area contributed by atoms with Crippen LogP contribution in [0.5, 0.6) is 5.75 Å². The molecule has 53 heavy (non-hydrogen) atoms. The van der Waals surface area contributed by atoms with Gasteiger partial charge in [-0.1, -0.05) is 13.0 Å². The Bertz CT molecular complexity index is 2350. The van der Waals surface area contributed by atoms with E-state index in [-0.39, 0.29) is 34.6 Å². The SMILES string of the molecule is CCc1cc(Nc2cc(=O)n(CCCCN3CCN(c4c(F)cc5c(=O)c(C(=O)O)cn(-c6ccc(F)cc6F)c5c4OC)CC3)c(=O)[nH]2)ccc1C. The van der Waals surface area contributed by atoms with Crippen molar-refractivity contribution in [3.05, 3.63) is 120 Å². The molecule has 12 nitrogen and oxygen atoms in total. The van der Waals surface area contributed by atoms with Crippen LogP contribution in [0.4, 0.5) is 30.4 Å². The number of hydrogen-bond donors (Lipinski definition) is 3. The predicted octanol–water partition coefficient (Wildman–Crippen LogP) is 5.18. The summed E-state index contributed by atoms with van der Waals surface area (Å²) in [5.74, 6) is -4.10. The average Bonchev–Trinajstić information content (AvgIpc) is 3.12. The Balaban J connectivity index is 1.14. The van der Waals surface area contributed by atoms with Gasteiger partial charge in [-0.2, -0.15) is 0 Å². The van der Waals surface area contributed by atoms with Crippen LogP contribution in [-0.2, 0) is 13.0 Å². The van der Waals surface area contributed by atoms with E-state index in [0.717, 1.165) is 46.6 Å². The lowest BCUT2D eigenvalue weighted by Crippen LogP contribution is -2.47. The molecule has 0 spiro atoms. The zero-order valence-electron chi connectivity index (χ0n) is 29.5. The van der Waals surface area contributed by atoms with Crippen molar-refractivity contribution < 1.29 is 27.8 Å².